The number of thioether (sulfide) groups is 1. The summed E-state index contributed by atoms with van der Waals surface area (Å²) in [7, 11) is 0. The van der Waals surface area contributed by atoms with Gasteiger partial charge >= 0.3 is 0 Å². The molecule has 0 aliphatic carbocycles. The smallest absolute Gasteiger partial charge is 0.115 e. The molecule has 19 heavy (non-hydrogen) atoms. The summed E-state index contributed by atoms with van der Waals surface area (Å²) in [5.74, 6) is 1.39. The van der Waals surface area contributed by atoms with Crippen molar-refractivity contribution in [1.82, 2.24) is 0 Å². The van der Waals surface area contributed by atoms with Crippen LogP contribution in [0.3, 0.4) is 0 Å². The second kappa shape index (κ2) is 5.35. The number of phenolic OH excluding ortho intramolecular Hbond substituents is 1. The first-order valence-electron chi connectivity index (χ1n) is 6.20. The molecule has 1 unspecified atom stereocenters. The Morgan fingerprint density at radius 2 is 1.95 bits per heavy atom. The molecular formula is C15H14ClNOS. The molecule has 0 fully saturated rings. The minimum absolute atomic E-state index is 0.277. The molecule has 2 nitrogen and oxygen atoms in total. The number of aromatic hydroxyl groups is 1. The Bertz CT molecular complexity index is 585. The summed E-state index contributed by atoms with van der Waals surface area (Å²) in [6, 6.07) is 13.5. The van der Waals surface area contributed by atoms with E-state index in [1.54, 1.807) is 12.1 Å². The molecule has 3 rings (SSSR count). The average Bonchev–Trinajstić information content (AvgIpc) is 2.42. The predicted octanol–water partition coefficient (Wildman–Crippen LogP) is 4.69. The third-order valence-corrected chi connectivity index (χ3v) is 4.58. The predicted molar refractivity (Wildman–Crippen MR) is 81.3 cm³/mol. The van der Waals surface area contributed by atoms with Crippen molar-refractivity contribution >= 4 is 29.1 Å². The average molecular weight is 292 g/mol. The van der Waals surface area contributed by atoms with Crippen molar-refractivity contribution in [2.45, 2.75) is 17.4 Å². The minimum Gasteiger partial charge on any atom is -0.508 e. The van der Waals surface area contributed by atoms with E-state index in [0.717, 1.165) is 22.9 Å². The molecule has 2 aromatic carbocycles. The van der Waals surface area contributed by atoms with Crippen LogP contribution in [0.1, 0.15) is 18.0 Å². The highest BCUT2D eigenvalue weighted by Crippen LogP contribution is 2.39. The molecule has 0 amide bonds. The molecule has 0 radical (unpaired) electrons. The minimum atomic E-state index is 0.277. The number of nitrogens with one attached hydrogen (secondary N) is 1. The monoisotopic (exact) mass is 291 g/mol. The van der Waals surface area contributed by atoms with E-state index in [4.69, 9.17) is 11.6 Å². The van der Waals surface area contributed by atoms with Crippen LogP contribution in [-0.2, 0) is 0 Å². The molecule has 2 N–H and O–H groups in total. The van der Waals surface area contributed by atoms with Crippen molar-refractivity contribution < 1.29 is 5.11 Å². The third kappa shape index (κ3) is 2.82. The highest BCUT2D eigenvalue weighted by atomic mass is 35.5. The van der Waals surface area contributed by atoms with E-state index in [1.165, 1.54) is 10.5 Å². The van der Waals surface area contributed by atoms with Crippen molar-refractivity contribution in [3.8, 4) is 5.75 Å². The van der Waals surface area contributed by atoms with Gasteiger partial charge in [0.15, 0.2) is 0 Å². The fourth-order valence-electron chi connectivity index (χ4n) is 2.27. The maximum absolute atomic E-state index is 9.31. The fraction of sp³-hybridized carbons (Fsp3) is 0.200. The fourth-order valence-corrected chi connectivity index (χ4v) is 3.56. The summed E-state index contributed by atoms with van der Waals surface area (Å²) in [5.41, 5.74) is 2.28. The molecule has 1 aliphatic heterocycles. The zero-order valence-electron chi connectivity index (χ0n) is 10.3. The molecule has 0 bridgehead atoms. The van der Waals surface area contributed by atoms with Crippen LogP contribution >= 0.6 is 23.4 Å². The molecule has 0 saturated heterocycles. The van der Waals surface area contributed by atoms with Gasteiger partial charge in [-0.2, -0.15) is 0 Å². The van der Waals surface area contributed by atoms with Crippen LogP contribution in [-0.4, -0.2) is 10.9 Å². The lowest BCUT2D eigenvalue weighted by Gasteiger charge is -2.27. The van der Waals surface area contributed by atoms with Crippen molar-refractivity contribution in [2.24, 2.45) is 0 Å². The summed E-state index contributed by atoms with van der Waals surface area (Å²) in [6.07, 6.45) is 1.07. The van der Waals surface area contributed by atoms with Crippen LogP contribution in [0.15, 0.2) is 47.4 Å². The van der Waals surface area contributed by atoms with Crippen molar-refractivity contribution in [3.63, 3.8) is 0 Å². The van der Waals surface area contributed by atoms with Gasteiger partial charge in [-0.3, -0.25) is 0 Å². The first-order chi connectivity index (χ1) is 9.22. The number of anilines is 1. The van der Waals surface area contributed by atoms with E-state index in [0.29, 0.717) is 0 Å². The number of benzene rings is 2. The van der Waals surface area contributed by atoms with Gasteiger partial charge in [0.1, 0.15) is 5.75 Å². The molecule has 0 spiro atoms. The van der Waals surface area contributed by atoms with Crippen LogP contribution in [0.2, 0.25) is 5.02 Å². The SMILES string of the molecule is Oc1ccc(NC2CCSc3ccc(Cl)cc32)cc1. The zero-order chi connectivity index (χ0) is 13.2. The van der Waals surface area contributed by atoms with Gasteiger partial charge in [0.05, 0.1) is 6.04 Å². The Hall–Kier alpha value is -1.32. The van der Waals surface area contributed by atoms with Crippen molar-refractivity contribution in [3.05, 3.63) is 53.1 Å². The van der Waals surface area contributed by atoms with Gasteiger partial charge in [-0.25, -0.2) is 0 Å². The summed E-state index contributed by atoms with van der Waals surface area (Å²) >= 11 is 7.97. The first-order valence-corrected chi connectivity index (χ1v) is 7.56. The Kier molecular flexibility index (Phi) is 3.58. The molecule has 0 saturated carbocycles. The molecule has 4 heteroatoms. The lowest BCUT2D eigenvalue weighted by Crippen LogP contribution is -2.16. The Labute approximate surface area is 121 Å². The lowest BCUT2D eigenvalue weighted by atomic mass is 10.0. The van der Waals surface area contributed by atoms with Gasteiger partial charge in [-0.05, 0) is 54.4 Å². The molecule has 1 atom stereocenters. The highest BCUT2D eigenvalue weighted by Gasteiger charge is 2.20. The van der Waals surface area contributed by atoms with Gasteiger partial charge in [-0.15, -0.1) is 11.8 Å². The highest BCUT2D eigenvalue weighted by molar-refractivity contribution is 7.99. The summed E-state index contributed by atoms with van der Waals surface area (Å²) in [6.45, 7) is 0. The van der Waals surface area contributed by atoms with Crippen molar-refractivity contribution in [2.75, 3.05) is 11.1 Å². The van der Waals surface area contributed by atoms with Gasteiger partial charge in [0, 0.05) is 21.4 Å². The van der Waals surface area contributed by atoms with E-state index in [9.17, 15) is 5.11 Å². The van der Waals surface area contributed by atoms with E-state index in [2.05, 4.69) is 11.4 Å². The standard InChI is InChI=1S/C15H14ClNOS/c16-10-1-6-15-13(9-10)14(7-8-19-15)17-11-2-4-12(18)5-3-11/h1-6,9,14,17-18H,7-8H2. The molecular weight excluding hydrogens is 278 g/mol. The normalized spacial score (nSPS) is 17.8. The third-order valence-electron chi connectivity index (χ3n) is 3.22. The van der Waals surface area contributed by atoms with Crippen LogP contribution in [0.25, 0.3) is 0 Å². The molecule has 2 aromatic rings. The van der Waals surface area contributed by atoms with Crippen LogP contribution in [0.4, 0.5) is 5.69 Å². The van der Waals surface area contributed by atoms with Gasteiger partial charge in [0.25, 0.3) is 0 Å². The number of halogens is 1. The lowest BCUT2D eigenvalue weighted by molar-refractivity contribution is 0.475. The maximum Gasteiger partial charge on any atom is 0.115 e. The second-order valence-electron chi connectivity index (χ2n) is 4.56. The largest absolute Gasteiger partial charge is 0.508 e. The van der Waals surface area contributed by atoms with Crippen LogP contribution < -0.4 is 5.32 Å². The Balaban J connectivity index is 1.87. The summed E-state index contributed by atoms with van der Waals surface area (Å²) in [5, 5.41) is 13.6. The van der Waals surface area contributed by atoms with Crippen LogP contribution in [0, 0.1) is 0 Å². The van der Waals surface area contributed by atoms with E-state index in [1.807, 2.05) is 36.0 Å². The summed E-state index contributed by atoms with van der Waals surface area (Å²) in [4.78, 5) is 1.30. The van der Waals surface area contributed by atoms with Gasteiger partial charge < -0.3 is 10.4 Å². The second-order valence-corrected chi connectivity index (χ2v) is 6.14. The topological polar surface area (TPSA) is 32.3 Å². The van der Waals surface area contributed by atoms with Gasteiger partial charge in [0.2, 0.25) is 0 Å². The molecule has 0 aromatic heterocycles. The van der Waals surface area contributed by atoms with E-state index >= 15 is 0 Å². The van der Waals surface area contributed by atoms with Crippen molar-refractivity contribution in [1.29, 1.82) is 0 Å². The zero-order valence-corrected chi connectivity index (χ0v) is 11.8. The molecule has 1 heterocycles. The Morgan fingerprint density at radius 1 is 1.16 bits per heavy atom. The maximum atomic E-state index is 9.31. The number of phenols is 1. The Morgan fingerprint density at radius 3 is 2.74 bits per heavy atom. The number of rotatable bonds is 2. The van der Waals surface area contributed by atoms with Gasteiger partial charge in [-0.1, -0.05) is 11.6 Å². The number of hydrogen-bond acceptors (Lipinski definition) is 3. The van der Waals surface area contributed by atoms with Crippen LogP contribution in [0.5, 0.6) is 5.75 Å². The number of hydrogen-bond donors (Lipinski definition) is 2. The molecule has 1 aliphatic rings. The van der Waals surface area contributed by atoms with E-state index < -0.39 is 0 Å². The van der Waals surface area contributed by atoms with E-state index in [-0.39, 0.29) is 11.8 Å². The quantitative estimate of drug-likeness (QED) is 0.787. The summed E-state index contributed by atoms with van der Waals surface area (Å²) < 4.78 is 0. The number of fused-ring (bicyclic) bond motifs is 1. The first kappa shape index (κ1) is 12.7. The molecule has 98 valence electrons.